The molecular formula is C26H30N4O5. The van der Waals surface area contributed by atoms with Crippen molar-refractivity contribution < 1.29 is 19.0 Å². The number of nitrogens with zero attached hydrogens (tertiary/aromatic N) is 3. The number of benzene rings is 2. The van der Waals surface area contributed by atoms with Gasteiger partial charge in [-0.3, -0.25) is 19.1 Å². The number of rotatable bonds is 7. The molecule has 1 fully saturated rings. The lowest BCUT2D eigenvalue weighted by molar-refractivity contribution is -0.116. The number of ether oxygens (including phenoxy) is 3. The molecule has 5 rings (SSSR count). The summed E-state index contributed by atoms with van der Waals surface area (Å²) in [5, 5.41) is 3.34. The minimum atomic E-state index is -0.289. The molecule has 184 valence electrons. The van der Waals surface area contributed by atoms with Crippen molar-refractivity contribution in [2.24, 2.45) is 0 Å². The highest BCUT2D eigenvalue weighted by Gasteiger charge is 2.20. The Bertz CT molecular complexity index is 1310. The first kappa shape index (κ1) is 23.3. The Balaban J connectivity index is 1.49. The molecule has 0 unspecified atom stereocenters. The van der Waals surface area contributed by atoms with Crippen molar-refractivity contribution in [2.75, 3.05) is 45.8 Å². The summed E-state index contributed by atoms with van der Waals surface area (Å²) in [6, 6.07) is 9.36. The molecule has 2 heterocycles. The van der Waals surface area contributed by atoms with Crippen LogP contribution >= 0.6 is 0 Å². The normalized spacial score (nSPS) is 15.7. The highest BCUT2D eigenvalue weighted by Crippen LogP contribution is 2.30. The predicted octanol–water partition coefficient (Wildman–Crippen LogP) is 2.37. The summed E-state index contributed by atoms with van der Waals surface area (Å²) in [7, 11) is 3.06. The first-order valence-electron chi connectivity index (χ1n) is 11.9. The lowest BCUT2D eigenvalue weighted by Gasteiger charge is -2.27. The predicted molar refractivity (Wildman–Crippen MR) is 132 cm³/mol. The molecule has 2 aromatic carbocycles. The summed E-state index contributed by atoms with van der Waals surface area (Å²) in [4.78, 5) is 33.6. The van der Waals surface area contributed by atoms with Gasteiger partial charge in [0.1, 0.15) is 12.4 Å². The summed E-state index contributed by atoms with van der Waals surface area (Å²) in [5.41, 5.74) is 3.59. The SMILES string of the molecule is COc1cc2nc(CN3CCOCC3)n(CC(=O)Nc3ccc4c(c3)CCC4)c(=O)c2cc1OC. The fourth-order valence-corrected chi connectivity index (χ4v) is 4.83. The van der Waals surface area contributed by atoms with E-state index >= 15 is 0 Å². The minimum absolute atomic E-state index is 0.132. The van der Waals surface area contributed by atoms with Gasteiger partial charge in [-0.1, -0.05) is 6.07 Å². The van der Waals surface area contributed by atoms with E-state index in [1.807, 2.05) is 12.1 Å². The van der Waals surface area contributed by atoms with Gasteiger partial charge in [-0.15, -0.1) is 0 Å². The third-order valence-corrected chi connectivity index (χ3v) is 6.69. The van der Waals surface area contributed by atoms with Crippen LogP contribution in [0.25, 0.3) is 10.9 Å². The van der Waals surface area contributed by atoms with Gasteiger partial charge in [0.25, 0.3) is 5.56 Å². The summed E-state index contributed by atoms with van der Waals surface area (Å²) < 4.78 is 17.7. The van der Waals surface area contributed by atoms with Crippen LogP contribution in [0.4, 0.5) is 5.69 Å². The Hall–Kier alpha value is -3.43. The second-order valence-electron chi connectivity index (χ2n) is 8.92. The molecular weight excluding hydrogens is 448 g/mol. The van der Waals surface area contributed by atoms with Gasteiger partial charge in [-0.05, 0) is 48.6 Å². The Morgan fingerprint density at radius 3 is 2.57 bits per heavy atom. The van der Waals surface area contributed by atoms with Gasteiger partial charge in [0.2, 0.25) is 5.91 Å². The summed E-state index contributed by atoms with van der Waals surface area (Å²) in [5.74, 6) is 1.20. The van der Waals surface area contributed by atoms with Gasteiger partial charge in [0.05, 0.1) is 44.9 Å². The van der Waals surface area contributed by atoms with Crippen molar-refractivity contribution in [1.29, 1.82) is 0 Å². The molecule has 1 aromatic heterocycles. The largest absolute Gasteiger partial charge is 0.493 e. The summed E-state index contributed by atoms with van der Waals surface area (Å²) >= 11 is 0. The number of methoxy groups -OCH3 is 2. The second-order valence-corrected chi connectivity index (χ2v) is 8.92. The van der Waals surface area contributed by atoms with E-state index in [-0.39, 0.29) is 18.0 Å². The zero-order valence-electron chi connectivity index (χ0n) is 20.1. The third kappa shape index (κ3) is 4.87. The molecule has 1 N–H and O–H groups in total. The highest BCUT2D eigenvalue weighted by atomic mass is 16.5. The van der Waals surface area contributed by atoms with Crippen molar-refractivity contribution in [3.8, 4) is 11.5 Å². The molecule has 0 radical (unpaired) electrons. The van der Waals surface area contributed by atoms with Gasteiger partial charge in [-0.25, -0.2) is 4.98 Å². The first-order chi connectivity index (χ1) is 17.1. The monoisotopic (exact) mass is 478 g/mol. The van der Waals surface area contributed by atoms with Gasteiger partial charge in [0, 0.05) is 24.8 Å². The van der Waals surface area contributed by atoms with Crippen molar-refractivity contribution in [3.05, 3.63) is 57.6 Å². The lowest BCUT2D eigenvalue weighted by Crippen LogP contribution is -2.39. The number of hydrogen-bond acceptors (Lipinski definition) is 7. The van der Waals surface area contributed by atoms with Crippen LogP contribution in [-0.4, -0.2) is 60.9 Å². The summed E-state index contributed by atoms with van der Waals surface area (Å²) in [6.45, 7) is 3.04. The number of anilines is 1. The first-order valence-corrected chi connectivity index (χ1v) is 11.9. The Morgan fingerprint density at radius 2 is 1.80 bits per heavy atom. The van der Waals surface area contributed by atoms with E-state index in [1.165, 1.54) is 22.8 Å². The molecule has 3 aromatic rings. The molecule has 1 saturated heterocycles. The Labute approximate surface area is 203 Å². The third-order valence-electron chi connectivity index (χ3n) is 6.69. The van der Waals surface area contributed by atoms with E-state index in [2.05, 4.69) is 16.3 Å². The maximum Gasteiger partial charge on any atom is 0.262 e. The lowest BCUT2D eigenvalue weighted by atomic mass is 10.1. The van der Waals surface area contributed by atoms with Crippen LogP contribution in [-0.2, 0) is 35.5 Å². The quantitative estimate of drug-likeness (QED) is 0.557. The van der Waals surface area contributed by atoms with Gasteiger partial charge in [-0.2, -0.15) is 0 Å². The smallest absolute Gasteiger partial charge is 0.262 e. The number of aromatic nitrogens is 2. The number of amides is 1. The van der Waals surface area contributed by atoms with E-state index in [4.69, 9.17) is 19.2 Å². The van der Waals surface area contributed by atoms with E-state index in [9.17, 15) is 9.59 Å². The van der Waals surface area contributed by atoms with E-state index in [1.54, 1.807) is 19.2 Å². The number of hydrogen-bond donors (Lipinski definition) is 1. The molecule has 1 aliphatic carbocycles. The van der Waals surface area contributed by atoms with Crippen molar-refractivity contribution in [3.63, 3.8) is 0 Å². The van der Waals surface area contributed by atoms with E-state index in [0.717, 1.165) is 38.0 Å². The maximum atomic E-state index is 13.6. The number of carbonyl (C=O) groups excluding carboxylic acids is 1. The molecule has 0 spiro atoms. The number of nitrogens with one attached hydrogen (secondary N) is 1. The molecule has 9 nitrogen and oxygen atoms in total. The van der Waals surface area contributed by atoms with Crippen LogP contribution in [0.1, 0.15) is 23.4 Å². The molecule has 1 amide bonds. The van der Waals surface area contributed by atoms with Crippen LogP contribution in [0, 0.1) is 0 Å². The van der Waals surface area contributed by atoms with E-state index in [0.29, 0.717) is 48.0 Å². The minimum Gasteiger partial charge on any atom is -0.493 e. The number of carbonyl (C=O) groups is 1. The van der Waals surface area contributed by atoms with Gasteiger partial charge < -0.3 is 19.5 Å². The molecule has 35 heavy (non-hydrogen) atoms. The number of aryl methyl sites for hydroxylation is 2. The number of morpholine rings is 1. The van der Waals surface area contributed by atoms with Crippen LogP contribution in [0.3, 0.4) is 0 Å². The maximum absolute atomic E-state index is 13.6. The molecule has 0 saturated carbocycles. The van der Waals surface area contributed by atoms with Gasteiger partial charge >= 0.3 is 0 Å². The summed E-state index contributed by atoms with van der Waals surface area (Å²) in [6.07, 6.45) is 3.26. The fraction of sp³-hybridized carbons (Fsp3) is 0.423. The zero-order chi connectivity index (χ0) is 24.4. The number of fused-ring (bicyclic) bond motifs is 2. The fourth-order valence-electron chi connectivity index (χ4n) is 4.83. The molecule has 9 heteroatoms. The van der Waals surface area contributed by atoms with Crippen LogP contribution < -0.4 is 20.3 Å². The Morgan fingerprint density at radius 1 is 1.06 bits per heavy atom. The van der Waals surface area contributed by atoms with Crippen molar-refractivity contribution in [2.45, 2.75) is 32.4 Å². The van der Waals surface area contributed by atoms with Crippen LogP contribution in [0.5, 0.6) is 11.5 Å². The van der Waals surface area contributed by atoms with E-state index < -0.39 is 0 Å². The molecule has 0 atom stereocenters. The average Bonchev–Trinajstić information content (AvgIpc) is 3.34. The second kappa shape index (κ2) is 10.1. The molecule has 1 aliphatic heterocycles. The average molecular weight is 479 g/mol. The van der Waals surface area contributed by atoms with Crippen LogP contribution in [0.15, 0.2) is 35.1 Å². The molecule has 2 aliphatic rings. The van der Waals surface area contributed by atoms with Gasteiger partial charge in [0.15, 0.2) is 11.5 Å². The standard InChI is InChI=1S/C26H30N4O5/c1-33-22-13-20-21(14-23(22)34-2)28-24(15-29-8-10-35-11-9-29)30(26(20)32)16-25(31)27-19-7-6-17-4-3-5-18(17)12-19/h6-7,12-14H,3-5,8-11,15-16H2,1-2H3,(H,27,31). The zero-order valence-corrected chi connectivity index (χ0v) is 20.1. The highest BCUT2D eigenvalue weighted by molar-refractivity contribution is 5.91. The van der Waals surface area contributed by atoms with Crippen molar-refractivity contribution in [1.82, 2.24) is 14.5 Å². The Kier molecular flexibility index (Phi) is 6.70. The van der Waals surface area contributed by atoms with Crippen LogP contribution in [0.2, 0.25) is 0 Å². The molecule has 0 bridgehead atoms. The van der Waals surface area contributed by atoms with Crippen molar-refractivity contribution >= 4 is 22.5 Å². The topological polar surface area (TPSA) is 94.9 Å².